The molecule has 0 aliphatic rings. The molecule has 0 spiro atoms. The first kappa shape index (κ1) is 27.4. The van der Waals surface area contributed by atoms with Crippen molar-refractivity contribution in [3.05, 3.63) is 59.7 Å². The van der Waals surface area contributed by atoms with Crippen LogP contribution < -0.4 is 10.1 Å². The SMILES string of the molecule is C#CCC[C@@H](NC(=O)OCc1ccc(OC)cc1)C(O[Si](C)(C)C(C)(C)C)c1cncc(F)c1. The van der Waals surface area contributed by atoms with E-state index in [9.17, 15) is 9.18 Å². The number of nitrogens with zero attached hydrogens (tertiary/aromatic N) is 1. The molecule has 0 saturated carbocycles. The average Bonchev–Trinajstić information content (AvgIpc) is 2.78. The van der Waals surface area contributed by atoms with Crippen LogP contribution in [0.1, 0.15) is 50.8 Å². The minimum atomic E-state index is -2.31. The summed E-state index contributed by atoms with van der Waals surface area (Å²) in [5.41, 5.74) is 1.36. The van der Waals surface area contributed by atoms with E-state index in [1.165, 1.54) is 6.07 Å². The molecule has 1 aromatic heterocycles. The third-order valence-corrected chi connectivity index (χ3v) is 10.5. The quantitative estimate of drug-likeness (QED) is 0.329. The number of amides is 1. The summed E-state index contributed by atoms with van der Waals surface area (Å²) in [5.74, 6) is 2.86. The van der Waals surface area contributed by atoms with Crippen LogP contribution in [0.3, 0.4) is 0 Å². The van der Waals surface area contributed by atoms with Crippen LogP contribution in [0, 0.1) is 18.2 Å². The summed E-state index contributed by atoms with van der Waals surface area (Å²) in [4.78, 5) is 16.7. The fourth-order valence-electron chi connectivity index (χ4n) is 3.06. The van der Waals surface area contributed by atoms with Crippen LogP contribution in [0.4, 0.5) is 9.18 Å². The van der Waals surface area contributed by atoms with E-state index in [-0.39, 0.29) is 11.6 Å². The van der Waals surface area contributed by atoms with E-state index in [0.29, 0.717) is 18.4 Å². The van der Waals surface area contributed by atoms with Gasteiger partial charge in [0.2, 0.25) is 0 Å². The first-order valence-corrected chi connectivity index (χ1v) is 14.2. The van der Waals surface area contributed by atoms with Gasteiger partial charge >= 0.3 is 6.09 Å². The zero-order valence-corrected chi connectivity index (χ0v) is 21.9. The molecule has 0 saturated heterocycles. The lowest BCUT2D eigenvalue weighted by atomic mass is 10.00. The summed E-state index contributed by atoms with van der Waals surface area (Å²) in [6.07, 6.45) is 7.82. The molecule has 6 nitrogen and oxygen atoms in total. The van der Waals surface area contributed by atoms with Crippen molar-refractivity contribution in [1.82, 2.24) is 10.3 Å². The lowest BCUT2D eigenvalue weighted by Crippen LogP contribution is -2.48. The minimum absolute atomic E-state index is 0.0902. The molecule has 184 valence electrons. The summed E-state index contributed by atoms with van der Waals surface area (Å²) in [6, 6.07) is 8.10. The van der Waals surface area contributed by atoms with Crippen LogP contribution in [0.25, 0.3) is 0 Å². The van der Waals surface area contributed by atoms with Crippen molar-refractivity contribution in [3.8, 4) is 18.1 Å². The molecule has 8 heteroatoms. The van der Waals surface area contributed by atoms with E-state index in [1.54, 1.807) is 25.4 Å². The number of methoxy groups -OCH3 is 1. The molecule has 2 atom stereocenters. The Kier molecular flexibility index (Phi) is 9.65. The van der Waals surface area contributed by atoms with E-state index < -0.39 is 32.4 Å². The third kappa shape index (κ3) is 7.85. The number of benzene rings is 1. The number of aromatic nitrogens is 1. The number of nitrogens with one attached hydrogen (secondary N) is 1. The fraction of sp³-hybridized carbons (Fsp3) is 0.462. The van der Waals surface area contributed by atoms with Gasteiger partial charge in [0.1, 0.15) is 18.2 Å². The first-order chi connectivity index (χ1) is 16.0. The maximum absolute atomic E-state index is 14.1. The number of hydrogen-bond donors (Lipinski definition) is 1. The van der Waals surface area contributed by atoms with Gasteiger partial charge in [0, 0.05) is 18.2 Å². The molecule has 0 aliphatic carbocycles. The first-order valence-electron chi connectivity index (χ1n) is 11.2. The number of ether oxygens (including phenoxy) is 2. The number of halogens is 1. The van der Waals surface area contributed by atoms with Crippen molar-refractivity contribution in [2.24, 2.45) is 0 Å². The number of pyridine rings is 1. The molecule has 2 rings (SSSR count). The molecule has 0 aliphatic heterocycles. The highest BCUT2D eigenvalue weighted by Gasteiger charge is 2.41. The normalized spacial score (nSPS) is 13.5. The average molecular weight is 487 g/mol. The second kappa shape index (κ2) is 12.0. The van der Waals surface area contributed by atoms with E-state index in [2.05, 4.69) is 50.1 Å². The fourth-order valence-corrected chi connectivity index (χ4v) is 4.35. The van der Waals surface area contributed by atoms with Gasteiger partial charge in [-0.25, -0.2) is 9.18 Å². The lowest BCUT2D eigenvalue weighted by Gasteiger charge is -2.41. The Morgan fingerprint density at radius 3 is 2.47 bits per heavy atom. The number of hydrogen-bond acceptors (Lipinski definition) is 5. The van der Waals surface area contributed by atoms with Gasteiger partial charge in [-0.3, -0.25) is 4.98 Å². The Labute approximate surface area is 203 Å². The molecule has 1 heterocycles. The Balaban J connectivity index is 2.25. The van der Waals surface area contributed by atoms with E-state index in [4.69, 9.17) is 20.3 Å². The molecular weight excluding hydrogens is 451 g/mol. The second-order valence-electron chi connectivity index (χ2n) is 9.65. The predicted molar refractivity (Wildman–Crippen MR) is 133 cm³/mol. The molecule has 0 fully saturated rings. The minimum Gasteiger partial charge on any atom is -0.497 e. The highest BCUT2D eigenvalue weighted by molar-refractivity contribution is 6.74. The van der Waals surface area contributed by atoms with Gasteiger partial charge in [-0.05, 0) is 48.3 Å². The van der Waals surface area contributed by atoms with Crippen LogP contribution >= 0.6 is 0 Å². The van der Waals surface area contributed by atoms with Gasteiger partial charge in [-0.15, -0.1) is 12.3 Å². The smallest absolute Gasteiger partial charge is 0.407 e. The standard InChI is InChI=1S/C26H35FN2O4Si/c1-8-9-10-23(29-25(30)32-18-19-11-13-22(31-5)14-12-19)24(20-15-21(27)17-28-16-20)33-34(6,7)26(2,3)4/h1,11-17,23-24H,9-10,18H2,2-7H3,(H,29,30)/t23-,24?/m1/s1. The topological polar surface area (TPSA) is 69.7 Å². The van der Waals surface area contributed by atoms with E-state index in [1.807, 2.05) is 12.1 Å². The molecule has 2 aromatic rings. The highest BCUT2D eigenvalue weighted by Crippen LogP contribution is 2.41. The lowest BCUT2D eigenvalue weighted by molar-refractivity contribution is 0.104. The van der Waals surface area contributed by atoms with Crippen molar-refractivity contribution in [1.29, 1.82) is 0 Å². The molecule has 1 unspecified atom stereocenters. The molecule has 0 bridgehead atoms. The van der Waals surface area contributed by atoms with Gasteiger partial charge in [0.15, 0.2) is 8.32 Å². The van der Waals surface area contributed by atoms with Crippen LogP contribution in [0.15, 0.2) is 42.7 Å². The van der Waals surface area contributed by atoms with Crippen LogP contribution in [-0.4, -0.2) is 32.5 Å². The van der Waals surface area contributed by atoms with Crippen molar-refractivity contribution >= 4 is 14.4 Å². The van der Waals surface area contributed by atoms with E-state index in [0.717, 1.165) is 17.5 Å². The van der Waals surface area contributed by atoms with Gasteiger partial charge < -0.3 is 19.2 Å². The summed E-state index contributed by atoms with van der Waals surface area (Å²) >= 11 is 0. The van der Waals surface area contributed by atoms with Crippen molar-refractivity contribution in [2.75, 3.05) is 7.11 Å². The predicted octanol–water partition coefficient (Wildman–Crippen LogP) is 6.00. The van der Waals surface area contributed by atoms with Crippen molar-refractivity contribution in [2.45, 2.75) is 70.5 Å². The third-order valence-electron chi connectivity index (χ3n) is 6.08. The molecule has 34 heavy (non-hydrogen) atoms. The number of rotatable bonds is 10. The summed E-state index contributed by atoms with van der Waals surface area (Å²) in [6.45, 7) is 10.7. The van der Waals surface area contributed by atoms with Crippen LogP contribution in [0.2, 0.25) is 18.1 Å². The highest BCUT2D eigenvalue weighted by atomic mass is 28.4. The zero-order chi connectivity index (χ0) is 25.4. The maximum atomic E-state index is 14.1. The summed E-state index contributed by atoms with van der Waals surface area (Å²) in [5, 5.41) is 2.80. The molecule has 1 aromatic carbocycles. The van der Waals surface area contributed by atoms with Gasteiger partial charge in [-0.2, -0.15) is 0 Å². The van der Waals surface area contributed by atoms with Gasteiger partial charge in [0.05, 0.1) is 25.5 Å². The second-order valence-corrected chi connectivity index (χ2v) is 14.4. The van der Waals surface area contributed by atoms with Gasteiger partial charge in [0.25, 0.3) is 0 Å². The van der Waals surface area contributed by atoms with Gasteiger partial charge in [-0.1, -0.05) is 32.9 Å². The Hall–Kier alpha value is -2.89. The van der Waals surface area contributed by atoms with Crippen LogP contribution in [-0.2, 0) is 15.8 Å². The molecule has 1 amide bonds. The monoisotopic (exact) mass is 486 g/mol. The number of carbonyl (C=O) groups excluding carboxylic acids is 1. The number of alkyl carbamates (subject to hydrolysis) is 1. The largest absolute Gasteiger partial charge is 0.497 e. The maximum Gasteiger partial charge on any atom is 0.407 e. The Morgan fingerprint density at radius 1 is 1.24 bits per heavy atom. The van der Waals surface area contributed by atoms with Crippen molar-refractivity contribution < 1.29 is 23.1 Å². The summed E-state index contributed by atoms with van der Waals surface area (Å²) in [7, 11) is -0.718. The van der Waals surface area contributed by atoms with Crippen molar-refractivity contribution in [3.63, 3.8) is 0 Å². The Morgan fingerprint density at radius 2 is 1.91 bits per heavy atom. The van der Waals surface area contributed by atoms with E-state index >= 15 is 0 Å². The molecule has 0 radical (unpaired) electrons. The Bertz CT molecular complexity index is 984. The molecule has 1 N–H and O–H groups in total. The summed E-state index contributed by atoms with van der Waals surface area (Å²) < 4.78 is 31.3. The molecular formula is C26H35FN2O4Si. The van der Waals surface area contributed by atoms with Crippen LogP contribution in [0.5, 0.6) is 5.75 Å². The number of carbonyl (C=O) groups is 1. The number of terminal acetylenes is 1. The zero-order valence-electron chi connectivity index (χ0n) is 20.9.